The largest absolute Gasteiger partial charge is 0.465 e. The molecule has 3 N–H and O–H groups in total. The van der Waals surface area contributed by atoms with Gasteiger partial charge in [0.05, 0.1) is 6.04 Å². The molecule has 2 heterocycles. The highest BCUT2D eigenvalue weighted by atomic mass is 79.9. The van der Waals surface area contributed by atoms with Crippen molar-refractivity contribution in [1.29, 1.82) is 0 Å². The summed E-state index contributed by atoms with van der Waals surface area (Å²) in [6.07, 6.45) is 0.494. The molecule has 2 aromatic rings. The maximum atomic E-state index is 12.2. The van der Waals surface area contributed by atoms with Crippen molar-refractivity contribution in [3.63, 3.8) is 0 Å². The molecular formula is C16H17BrN4O3. The zero-order valence-corrected chi connectivity index (χ0v) is 14.6. The van der Waals surface area contributed by atoms with Crippen LogP contribution in [0.3, 0.4) is 0 Å². The number of aromatic amines is 1. The molecule has 0 spiro atoms. The smallest absolute Gasteiger partial charge is 0.407 e. The topological polar surface area (TPSA) is 98.3 Å². The Bertz CT molecular complexity index is 772. The molecule has 1 saturated heterocycles. The monoisotopic (exact) mass is 392 g/mol. The molecule has 126 valence electrons. The van der Waals surface area contributed by atoms with Crippen LogP contribution in [0.2, 0.25) is 0 Å². The van der Waals surface area contributed by atoms with E-state index in [4.69, 9.17) is 0 Å². The number of nitrogens with zero attached hydrogens (tertiary/aromatic N) is 2. The van der Waals surface area contributed by atoms with Crippen molar-refractivity contribution < 1.29 is 14.7 Å². The fourth-order valence-electron chi connectivity index (χ4n) is 2.94. The Morgan fingerprint density at radius 3 is 2.71 bits per heavy atom. The molecule has 1 aromatic heterocycles. The lowest BCUT2D eigenvalue weighted by molar-refractivity contribution is 0.0959. The van der Waals surface area contributed by atoms with E-state index in [2.05, 4.69) is 31.2 Å². The minimum atomic E-state index is -0.972. The Kier molecular flexibility index (Phi) is 4.57. The summed E-state index contributed by atoms with van der Waals surface area (Å²) in [5.74, 6) is 0.220. The Morgan fingerprint density at radius 1 is 1.38 bits per heavy atom. The fraction of sp³-hybridized carbons (Fsp3) is 0.312. The van der Waals surface area contributed by atoms with E-state index in [0.29, 0.717) is 30.2 Å². The molecule has 0 saturated carbocycles. The third-order valence-electron chi connectivity index (χ3n) is 4.11. The van der Waals surface area contributed by atoms with E-state index in [1.807, 2.05) is 24.3 Å². The highest BCUT2D eigenvalue weighted by molar-refractivity contribution is 9.10. The summed E-state index contributed by atoms with van der Waals surface area (Å²) in [6, 6.07) is 7.11. The molecule has 3 rings (SSSR count). The van der Waals surface area contributed by atoms with Crippen LogP contribution >= 0.6 is 15.9 Å². The minimum absolute atomic E-state index is 0.286. The van der Waals surface area contributed by atoms with E-state index in [-0.39, 0.29) is 11.9 Å². The first-order valence-corrected chi connectivity index (χ1v) is 8.38. The average molecular weight is 393 g/mol. The van der Waals surface area contributed by atoms with E-state index < -0.39 is 6.09 Å². The second kappa shape index (κ2) is 6.64. The third kappa shape index (κ3) is 3.01. The van der Waals surface area contributed by atoms with Gasteiger partial charge < -0.3 is 15.4 Å². The van der Waals surface area contributed by atoms with Crippen LogP contribution in [-0.4, -0.2) is 45.6 Å². The zero-order valence-electron chi connectivity index (χ0n) is 13.0. The lowest BCUT2D eigenvalue weighted by Crippen LogP contribution is -2.29. The molecule has 1 aliphatic heterocycles. The van der Waals surface area contributed by atoms with Crippen molar-refractivity contribution in [3.05, 3.63) is 40.3 Å². The molecule has 2 amide bonds. The van der Waals surface area contributed by atoms with E-state index >= 15 is 0 Å². The highest BCUT2D eigenvalue weighted by Crippen LogP contribution is 2.33. The summed E-state index contributed by atoms with van der Waals surface area (Å²) in [4.78, 5) is 32.5. The fourth-order valence-corrected chi connectivity index (χ4v) is 3.20. The van der Waals surface area contributed by atoms with Crippen molar-refractivity contribution in [1.82, 2.24) is 20.2 Å². The van der Waals surface area contributed by atoms with E-state index in [9.17, 15) is 14.7 Å². The molecule has 1 fully saturated rings. The lowest BCUT2D eigenvalue weighted by Gasteiger charge is -2.19. The summed E-state index contributed by atoms with van der Waals surface area (Å²) in [5.41, 5.74) is 1.65. The summed E-state index contributed by atoms with van der Waals surface area (Å²) in [7, 11) is 1.55. The number of rotatable bonds is 3. The second-order valence-corrected chi connectivity index (χ2v) is 6.48. The SMILES string of the molecule is CNC(=O)c1[nH]c([C@@H]2CCCN2C(=O)O)nc1-c1ccc(Br)cc1. The standard InChI is InChI=1S/C16H17BrN4O3/c1-18-15(22)13-12(9-4-6-10(17)7-5-9)19-14(20-13)11-3-2-8-21(11)16(23)24/h4-7,11H,2-3,8H2,1H3,(H,18,22)(H,19,20)(H,23,24)/t11-/m0/s1. The van der Waals surface area contributed by atoms with Crippen molar-refractivity contribution in [2.45, 2.75) is 18.9 Å². The molecule has 1 aromatic carbocycles. The van der Waals surface area contributed by atoms with Gasteiger partial charge in [0.15, 0.2) is 0 Å². The Hall–Kier alpha value is -2.35. The Labute approximate surface area is 147 Å². The molecule has 0 bridgehead atoms. The quantitative estimate of drug-likeness (QED) is 0.747. The number of H-pyrrole nitrogens is 1. The number of carboxylic acid groups (broad SMARTS) is 1. The number of hydrogen-bond acceptors (Lipinski definition) is 3. The highest BCUT2D eigenvalue weighted by Gasteiger charge is 2.33. The first-order chi connectivity index (χ1) is 11.5. The number of carbonyl (C=O) groups excluding carboxylic acids is 1. The number of aromatic nitrogens is 2. The number of halogens is 1. The number of hydrogen-bond donors (Lipinski definition) is 3. The van der Waals surface area contributed by atoms with Crippen molar-refractivity contribution in [3.8, 4) is 11.3 Å². The molecule has 8 heteroatoms. The number of benzene rings is 1. The van der Waals surface area contributed by atoms with E-state index in [1.165, 1.54) is 4.90 Å². The number of nitrogens with one attached hydrogen (secondary N) is 2. The van der Waals surface area contributed by atoms with Crippen LogP contribution in [0.4, 0.5) is 4.79 Å². The van der Waals surface area contributed by atoms with Crippen molar-refractivity contribution in [2.75, 3.05) is 13.6 Å². The van der Waals surface area contributed by atoms with Gasteiger partial charge in [0.25, 0.3) is 5.91 Å². The zero-order chi connectivity index (χ0) is 17.3. The normalized spacial score (nSPS) is 17.1. The van der Waals surface area contributed by atoms with Gasteiger partial charge in [-0.3, -0.25) is 9.69 Å². The number of likely N-dealkylation sites (tertiary alicyclic amines) is 1. The van der Waals surface area contributed by atoms with Crippen molar-refractivity contribution >= 4 is 27.9 Å². The molecule has 7 nitrogen and oxygen atoms in total. The number of carbonyl (C=O) groups is 2. The van der Waals surface area contributed by atoms with Crippen molar-refractivity contribution in [2.24, 2.45) is 0 Å². The van der Waals surface area contributed by atoms with Gasteiger partial charge in [0.2, 0.25) is 0 Å². The van der Waals surface area contributed by atoms with Crippen LogP contribution in [0.15, 0.2) is 28.7 Å². The van der Waals surface area contributed by atoms with Gasteiger partial charge in [-0.05, 0) is 25.0 Å². The minimum Gasteiger partial charge on any atom is -0.465 e. The summed E-state index contributed by atoms with van der Waals surface area (Å²) in [6.45, 7) is 0.476. The Balaban J connectivity index is 2.05. The van der Waals surface area contributed by atoms with Crippen LogP contribution in [0, 0.1) is 0 Å². The van der Waals surface area contributed by atoms with Crippen LogP contribution in [0.1, 0.15) is 35.2 Å². The molecule has 0 unspecified atom stereocenters. The van der Waals surface area contributed by atoms with Crippen LogP contribution in [-0.2, 0) is 0 Å². The summed E-state index contributed by atoms with van der Waals surface area (Å²) >= 11 is 3.38. The van der Waals surface area contributed by atoms with Gasteiger partial charge in [-0.15, -0.1) is 0 Å². The average Bonchev–Trinajstić information content (AvgIpc) is 3.21. The maximum Gasteiger partial charge on any atom is 0.407 e. The first-order valence-electron chi connectivity index (χ1n) is 7.58. The molecular weight excluding hydrogens is 376 g/mol. The van der Waals surface area contributed by atoms with Gasteiger partial charge in [-0.1, -0.05) is 28.1 Å². The van der Waals surface area contributed by atoms with Gasteiger partial charge in [0.1, 0.15) is 17.2 Å². The van der Waals surface area contributed by atoms with Crippen LogP contribution < -0.4 is 5.32 Å². The second-order valence-electron chi connectivity index (χ2n) is 5.57. The third-order valence-corrected chi connectivity index (χ3v) is 4.64. The molecule has 24 heavy (non-hydrogen) atoms. The Morgan fingerprint density at radius 2 is 2.08 bits per heavy atom. The maximum absolute atomic E-state index is 12.2. The van der Waals surface area contributed by atoms with Crippen LogP contribution in [0.25, 0.3) is 11.3 Å². The van der Waals surface area contributed by atoms with E-state index in [1.54, 1.807) is 7.05 Å². The number of amides is 2. The lowest BCUT2D eigenvalue weighted by atomic mass is 10.1. The summed E-state index contributed by atoms with van der Waals surface area (Å²) < 4.78 is 0.927. The molecule has 1 atom stereocenters. The van der Waals surface area contributed by atoms with Gasteiger partial charge >= 0.3 is 6.09 Å². The van der Waals surface area contributed by atoms with Gasteiger partial charge in [-0.2, -0.15) is 0 Å². The van der Waals surface area contributed by atoms with Gasteiger partial charge in [0, 0.05) is 23.6 Å². The number of imidazole rings is 1. The molecule has 1 aliphatic rings. The van der Waals surface area contributed by atoms with E-state index in [0.717, 1.165) is 16.5 Å². The van der Waals surface area contributed by atoms with Gasteiger partial charge in [-0.25, -0.2) is 9.78 Å². The molecule has 0 radical (unpaired) electrons. The predicted molar refractivity (Wildman–Crippen MR) is 91.8 cm³/mol. The summed E-state index contributed by atoms with van der Waals surface area (Å²) in [5, 5.41) is 11.9. The first kappa shape index (κ1) is 16.5. The van der Waals surface area contributed by atoms with Crippen LogP contribution in [0.5, 0.6) is 0 Å². The molecule has 0 aliphatic carbocycles. The predicted octanol–water partition coefficient (Wildman–Crippen LogP) is 3.01.